The number of hydrogen-bond acceptors (Lipinski definition) is 2. The van der Waals surface area contributed by atoms with Crippen LogP contribution in [0.5, 0.6) is 0 Å². The van der Waals surface area contributed by atoms with Gasteiger partial charge in [0.25, 0.3) is 5.91 Å². The van der Waals surface area contributed by atoms with Gasteiger partial charge in [-0.05, 0) is 36.6 Å². The molecule has 4 heteroatoms. The zero-order chi connectivity index (χ0) is 13.8. The zero-order valence-electron chi connectivity index (χ0n) is 11.0. The maximum atomic E-state index is 12.1. The molecule has 0 fully saturated rings. The largest absolute Gasteiger partial charge is 0.347 e. The summed E-state index contributed by atoms with van der Waals surface area (Å²) in [6, 6.07) is 9.51. The molecule has 1 amide bonds. The number of benzene rings is 1. The first-order chi connectivity index (χ1) is 9.11. The molecule has 1 aromatic heterocycles. The summed E-state index contributed by atoms with van der Waals surface area (Å²) in [5, 5.41) is 3.59. The number of nitrogens with one attached hydrogen (secondary N) is 1. The van der Waals surface area contributed by atoms with Crippen molar-refractivity contribution in [3.63, 3.8) is 0 Å². The van der Waals surface area contributed by atoms with Crippen LogP contribution in [-0.2, 0) is 13.0 Å². The quantitative estimate of drug-likeness (QED) is 0.899. The molecular weight excluding hydrogens is 278 g/mol. The maximum absolute atomic E-state index is 12.1. The van der Waals surface area contributed by atoms with E-state index < -0.39 is 0 Å². The van der Waals surface area contributed by atoms with Crippen LogP contribution in [0.4, 0.5) is 0 Å². The Kier molecular flexibility index (Phi) is 4.61. The van der Waals surface area contributed by atoms with E-state index >= 15 is 0 Å². The van der Waals surface area contributed by atoms with Crippen molar-refractivity contribution in [3.05, 3.63) is 56.2 Å². The van der Waals surface area contributed by atoms with Crippen LogP contribution in [0, 0.1) is 6.92 Å². The van der Waals surface area contributed by atoms with Crippen molar-refractivity contribution in [2.75, 3.05) is 0 Å². The molecule has 0 atom stereocenters. The monoisotopic (exact) mass is 293 g/mol. The number of halogens is 1. The van der Waals surface area contributed by atoms with Gasteiger partial charge in [-0.3, -0.25) is 4.79 Å². The van der Waals surface area contributed by atoms with Gasteiger partial charge in [-0.25, -0.2) is 0 Å². The summed E-state index contributed by atoms with van der Waals surface area (Å²) >= 11 is 7.60. The van der Waals surface area contributed by atoms with Gasteiger partial charge >= 0.3 is 0 Å². The minimum Gasteiger partial charge on any atom is -0.347 e. The SMILES string of the molecule is CCc1cc(C(=O)NCc2ccccc2Cl)sc1C. The molecule has 0 saturated carbocycles. The molecule has 0 aliphatic heterocycles. The summed E-state index contributed by atoms with van der Waals surface area (Å²) in [6.07, 6.45) is 0.958. The molecule has 1 N–H and O–H groups in total. The molecule has 2 rings (SSSR count). The van der Waals surface area contributed by atoms with Crippen LogP contribution in [0.1, 0.15) is 32.6 Å². The van der Waals surface area contributed by atoms with Crippen LogP contribution in [0.3, 0.4) is 0 Å². The van der Waals surface area contributed by atoms with Crippen molar-refractivity contribution >= 4 is 28.8 Å². The summed E-state index contributed by atoms with van der Waals surface area (Å²) < 4.78 is 0. The van der Waals surface area contributed by atoms with E-state index in [-0.39, 0.29) is 5.91 Å². The molecule has 0 unspecified atom stereocenters. The summed E-state index contributed by atoms with van der Waals surface area (Å²) in [7, 11) is 0. The highest BCUT2D eigenvalue weighted by Gasteiger charge is 2.11. The van der Waals surface area contributed by atoms with Gasteiger partial charge in [0.05, 0.1) is 4.88 Å². The molecule has 0 bridgehead atoms. The first kappa shape index (κ1) is 14.1. The molecule has 100 valence electrons. The van der Waals surface area contributed by atoms with Crippen molar-refractivity contribution in [1.82, 2.24) is 5.32 Å². The van der Waals surface area contributed by atoms with E-state index in [2.05, 4.69) is 12.2 Å². The summed E-state index contributed by atoms with van der Waals surface area (Å²) in [6.45, 7) is 4.60. The Balaban J connectivity index is 2.03. The van der Waals surface area contributed by atoms with Crippen molar-refractivity contribution in [1.29, 1.82) is 0 Å². The average Bonchev–Trinajstić information content (AvgIpc) is 2.79. The third kappa shape index (κ3) is 3.37. The number of amides is 1. The van der Waals surface area contributed by atoms with E-state index in [4.69, 9.17) is 11.6 Å². The minimum absolute atomic E-state index is 0.0345. The van der Waals surface area contributed by atoms with Gasteiger partial charge in [0.1, 0.15) is 0 Å². The van der Waals surface area contributed by atoms with Crippen molar-refractivity contribution in [2.24, 2.45) is 0 Å². The lowest BCUT2D eigenvalue weighted by Gasteiger charge is -2.05. The Morgan fingerprint density at radius 3 is 2.68 bits per heavy atom. The highest BCUT2D eigenvalue weighted by atomic mass is 35.5. The molecule has 0 aliphatic carbocycles. The van der Waals surface area contributed by atoms with Crippen molar-refractivity contribution in [2.45, 2.75) is 26.8 Å². The van der Waals surface area contributed by atoms with Crippen molar-refractivity contribution < 1.29 is 4.79 Å². The average molecular weight is 294 g/mol. The zero-order valence-corrected chi connectivity index (χ0v) is 12.6. The Labute approximate surface area is 122 Å². The smallest absolute Gasteiger partial charge is 0.261 e. The van der Waals surface area contributed by atoms with Gasteiger partial charge in [0.15, 0.2) is 0 Å². The fourth-order valence-corrected chi connectivity index (χ4v) is 3.12. The molecule has 2 aromatic rings. The standard InChI is InChI=1S/C15H16ClNOS/c1-3-11-8-14(19-10(11)2)15(18)17-9-12-6-4-5-7-13(12)16/h4-8H,3,9H2,1-2H3,(H,17,18). The Morgan fingerprint density at radius 2 is 2.05 bits per heavy atom. The number of thiophene rings is 1. The molecular formula is C15H16ClNOS. The predicted octanol–water partition coefficient (Wildman–Crippen LogP) is 4.20. The summed E-state index contributed by atoms with van der Waals surface area (Å²) in [5.74, 6) is -0.0345. The molecule has 0 radical (unpaired) electrons. The molecule has 2 nitrogen and oxygen atoms in total. The molecule has 0 saturated heterocycles. The topological polar surface area (TPSA) is 29.1 Å². The van der Waals surface area contributed by atoms with Gasteiger partial charge in [-0.15, -0.1) is 11.3 Å². The van der Waals surface area contributed by atoms with Crippen LogP contribution in [0.2, 0.25) is 5.02 Å². The number of aryl methyl sites for hydroxylation is 2. The second kappa shape index (κ2) is 6.22. The molecule has 0 aliphatic rings. The van der Waals surface area contributed by atoms with E-state index in [1.807, 2.05) is 37.3 Å². The minimum atomic E-state index is -0.0345. The highest BCUT2D eigenvalue weighted by Crippen LogP contribution is 2.22. The molecule has 1 heterocycles. The third-order valence-corrected chi connectivity index (χ3v) is 4.48. The lowest BCUT2D eigenvalue weighted by atomic mass is 10.2. The van der Waals surface area contributed by atoms with E-state index in [0.29, 0.717) is 11.6 Å². The van der Waals surface area contributed by atoms with Gasteiger partial charge in [0.2, 0.25) is 0 Å². The number of rotatable bonds is 4. The normalized spacial score (nSPS) is 10.5. The fourth-order valence-electron chi connectivity index (χ4n) is 1.89. The second-order valence-corrected chi connectivity index (χ2v) is 5.98. The maximum Gasteiger partial charge on any atom is 0.261 e. The van der Waals surface area contributed by atoms with Gasteiger partial charge in [-0.1, -0.05) is 36.7 Å². The van der Waals surface area contributed by atoms with Crippen LogP contribution in [0.25, 0.3) is 0 Å². The number of carbonyl (C=O) groups is 1. The van der Waals surface area contributed by atoms with Gasteiger partial charge in [-0.2, -0.15) is 0 Å². The van der Waals surface area contributed by atoms with Crippen LogP contribution < -0.4 is 5.32 Å². The molecule has 0 spiro atoms. The molecule has 1 aromatic carbocycles. The summed E-state index contributed by atoms with van der Waals surface area (Å²) in [5.41, 5.74) is 2.18. The number of hydrogen-bond donors (Lipinski definition) is 1. The molecule has 19 heavy (non-hydrogen) atoms. The first-order valence-electron chi connectivity index (χ1n) is 6.22. The Bertz CT molecular complexity index is 592. The van der Waals surface area contributed by atoms with E-state index in [0.717, 1.165) is 16.9 Å². The van der Waals surface area contributed by atoms with Gasteiger partial charge < -0.3 is 5.32 Å². The van der Waals surface area contributed by atoms with E-state index in [1.165, 1.54) is 10.4 Å². The first-order valence-corrected chi connectivity index (χ1v) is 7.42. The van der Waals surface area contributed by atoms with E-state index in [9.17, 15) is 4.79 Å². The van der Waals surface area contributed by atoms with E-state index in [1.54, 1.807) is 11.3 Å². The Hall–Kier alpha value is -1.32. The lowest BCUT2D eigenvalue weighted by Crippen LogP contribution is -2.21. The van der Waals surface area contributed by atoms with Gasteiger partial charge in [0, 0.05) is 16.4 Å². The third-order valence-electron chi connectivity index (χ3n) is 3.02. The second-order valence-electron chi connectivity index (χ2n) is 4.32. The lowest BCUT2D eigenvalue weighted by molar-refractivity contribution is 0.0955. The number of carbonyl (C=O) groups excluding carboxylic acids is 1. The Morgan fingerprint density at radius 1 is 1.32 bits per heavy atom. The van der Waals surface area contributed by atoms with Crippen LogP contribution >= 0.6 is 22.9 Å². The van der Waals surface area contributed by atoms with Crippen molar-refractivity contribution in [3.8, 4) is 0 Å². The summed E-state index contributed by atoms with van der Waals surface area (Å²) in [4.78, 5) is 14.0. The predicted molar refractivity (Wildman–Crippen MR) is 81.1 cm³/mol. The highest BCUT2D eigenvalue weighted by molar-refractivity contribution is 7.14. The fraction of sp³-hybridized carbons (Fsp3) is 0.267. The van der Waals surface area contributed by atoms with Crippen LogP contribution in [0.15, 0.2) is 30.3 Å². The van der Waals surface area contributed by atoms with Crippen LogP contribution in [-0.4, -0.2) is 5.91 Å².